The maximum absolute atomic E-state index is 12.6. The van der Waals surface area contributed by atoms with E-state index in [2.05, 4.69) is 24.1 Å². The van der Waals surface area contributed by atoms with Crippen LogP contribution in [0.1, 0.15) is 75.2 Å². The summed E-state index contributed by atoms with van der Waals surface area (Å²) in [5.41, 5.74) is -1.50. The lowest BCUT2D eigenvalue weighted by molar-refractivity contribution is -0.224. The van der Waals surface area contributed by atoms with Crippen LogP contribution in [0.25, 0.3) is 0 Å². The van der Waals surface area contributed by atoms with Crippen LogP contribution in [0.3, 0.4) is 0 Å². The van der Waals surface area contributed by atoms with Crippen molar-refractivity contribution in [1.29, 1.82) is 0 Å². The first-order valence-corrected chi connectivity index (χ1v) is 14.4. The Balaban J connectivity index is 2.27. The Kier molecular flexibility index (Phi) is 12.2. The third-order valence-corrected chi connectivity index (χ3v) is 8.03. The maximum atomic E-state index is 12.6. The highest BCUT2D eigenvalue weighted by atomic mass is 16.7. The van der Waals surface area contributed by atoms with Gasteiger partial charge in [-0.3, -0.25) is 0 Å². The molecule has 0 aromatic heterocycles. The van der Waals surface area contributed by atoms with Crippen molar-refractivity contribution >= 4 is 12.1 Å². The molecule has 11 heteroatoms. The van der Waals surface area contributed by atoms with E-state index in [9.17, 15) is 14.7 Å². The number of aliphatic hydroxyl groups is 1. The highest BCUT2D eigenvalue weighted by molar-refractivity contribution is 5.89. The van der Waals surface area contributed by atoms with Gasteiger partial charge in [-0.1, -0.05) is 26.8 Å². The van der Waals surface area contributed by atoms with Gasteiger partial charge in [0.05, 0.1) is 36.0 Å². The number of esters is 1. The third-order valence-electron chi connectivity index (χ3n) is 8.03. The minimum Gasteiger partial charge on any atom is -0.456 e. The van der Waals surface area contributed by atoms with Gasteiger partial charge < -0.3 is 44.2 Å². The Morgan fingerprint density at radius 2 is 1.85 bits per heavy atom. The van der Waals surface area contributed by atoms with Crippen LogP contribution in [-0.4, -0.2) is 85.5 Å². The van der Waals surface area contributed by atoms with Crippen molar-refractivity contribution in [3.05, 3.63) is 24.0 Å². The van der Waals surface area contributed by atoms with Crippen LogP contribution in [-0.2, 0) is 33.2 Å². The predicted molar refractivity (Wildman–Crippen MR) is 154 cm³/mol. The van der Waals surface area contributed by atoms with E-state index in [0.717, 1.165) is 0 Å². The molecule has 0 spiro atoms. The maximum Gasteiger partial charge on any atom is 0.408 e. The average Bonchev–Trinajstić information content (AvgIpc) is 3.22. The van der Waals surface area contributed by atoms with Crippen LogP contribution < -0.4 is 10.6 Å². The molecule has 3 N–H and O–H groups in total. The van der Waals surface area contributed by atoms with Crippen molar-refractivity contribution < 1.29 is 43.1 Å². The van der Waals surface area contributed by atoms with Gasteiger partial charge in [0.1, 0.15) is 12.6 Å². The van der Waals surface area contributed by atoms with Crippen molar-refractivity contribution in [3.63, 3.8) is 0 Å². The molecular weight excluding hydrogens is 532 g/mol. The second-order valence-electron chi connectivity index (χ2n) is 12.2. The number of carbonyl (C=O) groups excluding carboxylic acids is 2. The minimum absolute atomic E-state index is 0.0194. The lowest BCUT2D eigenvalue weighted by atomic mass is 9.80. The molecule has 0 saturated carbocycles. The first-order valence-electron chi connectivity index (χ1n) is 14.4. The molecule has 1 fully saturated rings. The van der Waals surface area contributed by atoms with Crippen LogP contribution in [0.15, 0.2) is 24.0 Å². The van der Waals surface area contributed by atoms with Crippen molar-refractivity contribution in [1.82, 2.24) is 10.6 Å². The van der Waals surface area contributed by atoms with Gasteiger partial charge in [-0.15, -0.1) is 6.58 Å². The summed E-state index contributed by atoms with van der Waals surface area (Å²) in [5.74, 6) is -1.36. The zero-order valence-corrected chi connectivity index (χ0v) is 26.5. The number of hydrogen-bond acceptors (Lipinski definition) is 10. The molecule has 11 nitrogen and oxygen atoms in total. The summed E-state index contributed by atoms with van der Waals surface area (Å²) in [7, 11) is 1.55. The number of methoxy groups -OCH3 is 1. The standard InChI is InChI=1S/C30H52N2O9/c1-12-14-38-29(9,25(37-17-36-11)19(4)23-20(5)26(34)40-28(7,8)39-23)15-18(3)16-31-21(6)24-30(10,22(33)13-2)41-27(35)32-24/h12,18-19,21-22,24-25,31,33H,1,13-17H2,2-11H3,(H,32,35)/t18-,19+,21-,22-,24-,25-,29-,30-/m1/s1. The summed E-state index contributed by atoms with van der Waals surface area (Å²) in [6, 6.07) is -0.605. The number of cyclic esters (lactones) is 2. The normalized spacial score (nSPS) is 27.4. The molecule has 0 radical (unpaired) electrons. The molecule has 236 valence electrons. The monoisotopic (exact) mass is 584 g/mol. The van der Waals surface area contributed by atoms with E-state index >= 15 is 0 Å². The van der Waals surface area contributed by atoms with E-state index in [4.69, 9.17) is 28.4 Å². The number of carbonyl (C=O) groups is 2. The number of ether oxygens (including phenoxy) is 6. The minimum atomic E-state index is -1.11. The molecule has 2 heterocycles. The van der Waals surface area contributed by atoms with Crippen LogP contribution in [0.4, 0.5) is 4.79 Å². The topological polar surface area (TPSA) is 134 Å². The van der Waals surface area contributed by atoms with Crippen LogP contribution in [0.5, 0.6) is 0 Å². The lowest BCUT2D eigenvalue weighted by Crippen LogP contribution is -2.59. The second-order valence-corrected chi connectivity index (χ2v) is 12.2. The fourth-order valence-corrected chi connectivity index (χ4v) is 5.97. The van der Waals surface area contributed by atoms with Crippen molar-refractivity contribution in [2.45, 2.75) is 116 Å². The summed E-state index contributed by atoms with van der Waals surface area (Å²) in [5, 5.41) is 17.0. The molecule has 0 bridgehead atoms. The quantitative estimate of drug-likeness (QED) is 0.132. The van der Waals surface area contributed by atoms with Crippen LogP contribution >= 0.6 is 0 Å². The average molecular weight is 585 g/mol. The molecule has 2 rings (SSSR count). The van der Waals surface area contributed by atoms with Crippen LogP contribution in [0, 0.1) is 11.8 Å². The Hall–Kier alpha value is -2.18. The number of alkyl carbamates (subject to hydrolysis) is 1. The number of nitrogens with one attached hydrogen (secondary N) is 2. The van der Waals surface area contributed by atoms with Crippen LogP contribution in [0.2, 0.25) is 0 Å². The van der Waals surface area contributed by atoms with Gasteiger partial charge >= 0.3 is 12.1 Å². The SMILES string of the molecule is C=CCO[C@](C)(C[C@@H](C)CN[C@H](C)[C@H]1NC(=O)O[C@]1(C)[C@H](O)CC)[C@H](OCOC)[C@@H](C)C1=C(C)C(=O)OC(C)(C)O1. The predicted octanol–water partition coefficient (Wildman–Crippen LogP) is 3.80. The summed E-state index contributed by atoms with van der Waals surface area (Å²) in [4.78, 5) is 24.7. The van der Waals surface area contributed by atoms with Gasteiger partial charge in [0, 0.05) is 32.9 Å². The van der Waals surface area contributed by atoms with Gasteiger partial charge in [0.2, 0.25) is 5.79 Å². The van der Waals surface area contributed by atoms with E-state index < -0.39 is 47.3 Å². The molecule has 2 aliphatic rings. The molecule has 0 aromatic rings. The van der Waals surface area contributed by atoms with E-state index in [1.165, 1.54) is 0 Å². The molecule has 1 amide bonds. The van der Waals surface area contributed by atoms with Gasteiger partial charge in [-0.2, -0.15) is 0 Å². The molecule has 8 atom stereocenters. The highest BCUT2D eigenvalue weighted by Gasteiger charge is 2.52. The van der Waals surface area contributed by atoms with Crippen molar-refractivity contribution in [2.24, 2.45) is 11.8 Å². The molecule has 2 aliphatic heterocycles. The Labute approximate surface area is 245 Å². The van der Waals surface area contributed by atoms with E-state index in [1.807, 2.05) is 27.7 Å². The molecule has 1 saturated heterocycles. The van der Waals surface area contributed by atoms with Gasteiger partial charge in [0.25, 0.3) is 0 Å². The Morgan fingerprint density at radius 3 is 2.44 bits per heavy atom. The summed E-state index contributed by atoms with van der Waals surface area (Å²) in [6.07, 6.45) is 0.823. The molecular formula is C30H52N2O9. The third kappa shape index (κ3) is 8.44. The highest BCUT2D eigenvalue weighted by Crippen LogP contribution is 2.39. The fourth-order valence-electron chi connectivity index (χ4n) is 5.97. The summed E-state index contributed by atoms with van der Waals surface area (Å²) in [6.45, 7) is 21.4. The molecule has 0 aromatic carbocycles. The van der Waals surface area contributed by atoms with Gasteiger partial charge in [-0.05, 0) is 53.0 Å². The first-order chi connectivity index (χ1) is 19.0. The fraction of sp³-hybridized carbons (Fsp3) is 0.800. The first kappa shape index (κ1) is 35.0. The zero-order valence-electron chi connectivity index (χ0n) is 26.5. The molecule has 0 unspecified atom stereocenters. The summed E-state index contributed by atoms with van der Waals surface area (Å²) < 4.78 is 35.0. The van der Waals surface area contributed by atoms with Crippen molar-refractivity contribution in [2.75, 3.05) is 27.1 Å². The second kappa shape index (κ2) is 14.3. The number of hydrogen-bond donors (Lipinski definition) is 3. The van der Waals surface area contributed by atoms with E-state index in [0.29, 0.717) is 30.7 Å². The van der Waals surface area contributed by atoms with E-state index in [1.54, 1.807) is 40.9 Å². The largest absolute Gasteiger partial charge is 0.456 e. The number of rotatable bonds is 17. The lowest BCUT2D eigenvalue weighted by Gasteiger charge is -2.44. The van der Waals surface area contributed by atoms with E-state index in [-0.39, 0.29) is 31.3 Å². The van der Waals surface area contributed by atoms with Gasteiger partial charge in [-0.25, -0.2) is 9.59 Å². The zero-order chi connectivity index (χ0) is 31.2. The molecule has 41 heavy (non-hydrogen) atoms. The Bertz CT molecular complexity index is 954. The Morgan fingerprint density at radius 1 is 1.20 bits per heavy atom. The van der Waals surface area contributed by atoms with Gasteiger partial charge in [0.15, 0.2) is 5.60 Å². The summed E-state index contributed by atoms with van der Waals surface area (Å²) >= 11 is 0. The number of aliphatic hydroxyl groups excluding tert-OH is 1. The van der Waals surface area contributed by atoms with Crippen molar-refractivity contribution in [3.8, 4) is 0 Å². The smallest absolute Gasteiger partial charge is 0.408 e. The molecule has 0 aliphatic carbocycles. The number of amides is 1.